The number of anilines is 2. The first-order chi connectivity index (χ1) is 14.0. The molecule has 0 amide bonds. The molecule has 1 aromatic heterocycles. The number of nitrogens with one attached hydrogen (secondary N) is 1. The number of aromatic amines is 1. The van der Waals surface area contributed by atoms with E-state index < -0.39 is 0 Å². The highest BCUT2D eigenvalue weighted by atomic mass is 79.9. The lowest BCUT2D eigenvalue weighted by Gasteiger charge is -2.36. The normalized spacial score (nSPS) is 14.3. The van der Waals surface area contributed by atoms with Crippen LogP contribution in [0.4, 0.5) is 16.0 Å². The summed E-state index contributed by atoms with van der Waals surface area (Å²) in [6.45, 7) is 4.56. The van der Waals surface area contributed by atoms with Gasteiger partial charge in [0.2, 0.25) is 5.95 Å². The Morgan fingerprint density at radius 2 is 1.69 bits per heavy atom. The number of hydrogen-bond acceptors (Lipinski definition) is 4. The zero-order chi connectivity index (χ0) is 20.4. The molecule has 4 rings (SSSR count). The van der Waals surface area contributed by atoms with E-state index in [-0.39, 0.29) is 11.4 Å². The van der Waals surface area contributed by atoms with Gasteiger partial charge in [-0.3, -0.25) is 9.78 Å². The highest BCUT2D eigenvalue weighted by Gasteiger charge is 2.21. The van der Waals surface area contributed by atoms with E-state index in [9.17, 15) is 9.18 Å². The van der Waals surface area contributed by atoms with Gasteiger partial charge in [0, 0.05) is 42.6 Å². The topological polar surface area (TPSA) is 52.2 Å². The average molecular weight is 457 g/mol. The molecule has 0 bridgehead atoms. The van der Waals surface area contributed by atoms with Crippen LogP contribution in [0.5, 0.6) is 0 Å². The summed E-state index contributed by atoms with van der Waals surface area (Å²) in [6.07, 6.45) is 0.544. The number of piperazine rings is 1. The Bertz CT molecular complexity index is 1060. The molecule has 1 fully saturated rings. The molecule has 150 valence electrons. The first-order valence-electron chi connectivity index (χ1n) is 9.60. The standard InChI is InChI=1S/C22H22BrFN4O/c1-15-18(14-16-6-8-17(23)9-7-16)21(29)26-22(25-15)28-12-10-27(11-13-28)20-5-3-2-4-19(20)24/h2-9H,10-14H2,1H3,(H,25,26,29). The van der Waals surface area contributed by atoms with Gasteiger partial charge in [0.25, 0.3) is 5.56 Å². The van der Waals surface area contributed by atoms with Gasteiger partial charge in [-0.05, 0) is 36.8 Å². The molecule has 1 aliphatic rings. The number of halogens is 2. The fourth-order valence-corrected chi connectivity index (χ4v) is 3.89. The van der Waals surface area contributed by atoms with Gasteiger partial charge in [-0.1, -0.05) is 40.2 Å². The quantitative estimate of drug-likeness (QED) is 0.646. The Kier molecular flexibility index (Phi) is 5.67. The van der Waals surface area contributed by atoms with E-state index >= 15 is 0 Å². The molecule has 1 N–H and O–H groups in total. The number of aromatic nitrogens is 2. The number of rotatable bonds is 4. The van der Waals surface area contributed by atoms with Crippen molar-refractivity contribution in [3.8, 4) is 0 Å². The number of para-hydroxylation sites is 1. The smallest absolute Gasteiger partial charge is 0.256 e. The van der Waals surface area contributed by atoms with Crippen LogP contribution in [-0.2, 0) is 6.42 Å². The van der Waals surface area contributed by atoms with Crippen LogP contribution < -0.4 is 15.4 Å². The van der Waals surface area contributed by atoms with Gasteiger partial charge in [-0.25, -0.2) is 9.37 Å². The van der Waals surface area contributed by atoms with E-state index in [1.807, 2.05) is 42.2 Å². The molecule has 0 unspecified atom stereocenters. The third kappa shape index (κ3) is 4.34. The van der Waals surface area contributed by atoms with Crippen molar-refractivity contribution >= 4 is 27.6 Å². The van der Waals surface area contributed by atoms with Crippen molar-refractivity contribution in [2.45, 2.75) is 13.3 Å². The van der Waals surface area contributed by atoms with Gasteiger partial charge < -0.3 is 9.80 Å². The average Bonchev–Trinajstić information content (AvgIpc) is 2.72. The Morgan fingerprint density at radius 1 is 1.03 bits per heavy atom. The lowest BCUT2D eigenvalue weighted by molar-refractivity contribution is 0.593. The van der Waals surface area contributed by atoms with E-state index in [2.05, 4.69) is 30.8 Å². The van der Waals surface area contributed by atoms with Crippen LogP contribution in [0.15, 0.2) is 57.8 Å². The van der Waals surface area contributed by atoms with Gasteiger partial charge in [0.15, 0.2) is 0 Å². The number of aryl methyl sites for hydroxylation is 1. The molecule has 5 nitrogen and oxygen atoms in total. The zero-order valence-electron chi connectivity index (χ0n) is 16.2. The molecule has 0 atom stereocenters. The van der Waals surface area contributed by atoms with Gasteiger partial charge in [-0.15, -0.1) is 0 Å². The number of benzene rings is 2. The molecular weight excluding hydrogens is 435 g/mol. The van der Waals surface area contributed by atoms with Gasteiger partial charge in [0.1, 0.15) is 5.82 Å². The highest BCUT2D eigenvalue weighted by molar-refractivity contribution is 9.10. The molecule has 0 spiro atoms. The monoisotopic (exact) mass is 456 g/mol. The largest absolute Gasteiger partial charge is 0.366 e. The highest BCUT2D eigenvalue weighted by Crippen LogP contribution is 2.21. The number of H-pyrrole nitrogens is 1. The van der Waals surface area contributed by atoms with Crippen molar-refractivity contribution in [3.05, 3.63) is 86.0 Å². The van der Waals surface area contributed by atoms with Crippen molar-refractivity contribution in [3.63, 3.8) is 0 Å². The first-order valence-corrected chi connectivity index (χ1v) is 10.4. The molecule has 0 saturated carbocycles. The summed E-state index contributed by atoms with van der Waals surface area (Å²) in [5, 5.41) is 0. The van der Waals surface area contributed by atoms with Crippen LogP contribution in [0.2, 0.25) is 0 Å². The molecule has 3 aromatic rings. The van der Waals surface area contributed by atoms with Gasteiger partial charge in [-0.2, -0.15) is 0 Å². The van der Waals surface area contributed by atoms with Crippen molar-refractivity contribution in [1.29, 1.82) is 0 Å². The molecule has 0 aliphatic carbocycles. The fraction of sp³-hybridized carbons (Fsp3) is 0.273. The van der Waals surface area contributed by atoms with Crippen molar-refractivity contribution < 1.29 is 4.39 Å². The maximum atomic E-state index is 14.0. The van der Waals surface area contributed by atoms with Gasteiger partial charge in [0.05, 0.1) is 11.4 Å². The summed E-state index contributed by atoms with van der Waals surface area (Å²) in [6, 6.07) is 14.8. The van der Waals surface area contributed by atoms with Crippen LogP contribution in [-0.4, -0.2) is 36.1 Å². The predicted octanol–water partition coefficient (Wildman–Crippen LogP) is 3.90. The molecular formula is C22H22BrFN4O. The Labute approximate surface area is 177 Å². The van der Waals surface area contributed by atoms with E-state index in [0.717, 1.165) is 15.7 Å². The van der Waals surface area contributed by atoms with Crippen molar-refractivity contribution in [1.82, 2.24) is 9.97 Å². The molecule has 2 aromatic carbocycles. The van der Waals surface area contributed by atoms with Crippen LogP contribution in [0.25, 0.3) is 0 Å². The molecule has 7 heteroatoms. The Hall–Kier alpha value is -2.67. The maximum absolute atomic E-state index is 14.0. The summed E-state index contributed by atoms with van der Waals surface area (Å²) in [4.78, 5) is 24.4. The minimum absolute atomic E-state index is 0.105. The first kappa shape index (κ1) is 19.6. The molecule has 1 saturated heterocycles. The van der Waals surface area contributed by atoms with E-state index in [1.54, 1.807) is 12.1 Å². The third-order valence-corrected chi connectivity index (χ3v) is 5.80. The second-order valence-corrected chi connectivity index (χ2v) is 8.10. The van der Waals surface area contributed by atoms with Crippen LogP contribution in [0.3, 0.4) is 0 Å². The van der Waals surface area contributed by atoms with Crippen molar-refractivity contribution in [2.75, 3.05) is 36.0 Å². The summed E-state index contributed by atoms with van der Waals surface area (Å²) in [7, 11) is 0. The van der Waals surface area contributed by atoms with E-state index in [0.29, 0.717) is 49.8 Å². The third-order valence-electron chi connectivity index (χ3n) is 5.28. The summed E-state index contributed by atoms with van der Waals surface area (Å²) >= 11 is 3.43. The SMILES string of the molecule is Cc1nc(N2CCN(c3ccccc3F)CC2)[nH]c(=O)c1Cc1ccc(Br)cc1. The van der Waals surface area contributed by atoms with Gasteiger partial charge >= 0.3 is 0 Å². The Morgan fingerprint density at radius 3 is 2.34 bits per heavy atom. The summed E-state index contributed by atoms with van der Waals surface area (Å²) < 4.78 is 15.0. The summed E-state index contributed by atoms with van der Waals surface area (Å²) in [5.41, 5.74) is 3.00. The summed E-state index contributed by atoms with van der Waals surface area (Å²) in [5.74, 6) is 0.376. The minimum atomic E-state index is -0.208. The minimum Gasteiger partial charge on any atom is -0.366 e. The van der Waals surface area contributed by atoms with Crippen molar-refractivity contribution in [2.24, 2.45) is 0 Å². The Balaban J connectivity index is 1.48. The lowest BCUT2D eigenvalue weighted by Crippen LogP contribution is -2.48. The molecule has 1 aliphatic heterocycles. The van der Waals surface area contributed by atoms with Crippen LogP contribution in [0.1, 0.15) is 16.8 Å². The second-order valence-electron chi connectivity index (χ2n) is 7.18. The van der Waals surface area contributed by atoms with E-state index in [4.69, 9.17) is 0 Å². The fourth-order valence-electron chi connectivity index (χ4n) is 3.63. The lowest BCUT2D eigenvalue weighted by atomic mass is 10.1. The molecule has 29 heavy (non-hydrogen) atoms. The van der Waals surface area contributed by atoms with Crippen LogP contribution in [0, 0.1) is 12.7 Å². The van der Waals surface area contributed by atoms with E-state index in [1.165, 1.54) is 6.07 Å². The molecule has 0 radical (unpaired) electrons. The predicted molar refractivity (Wildman–Crippen MR) is 117 cm³/mol. The maximum Gasteiger partial charge on any atom is 0.256 e. The molecule has 2 heterocycles. The number of hydrogen-bond donors (Lipinski definition) is 1. The number of nitrogens with zero attached hydrogens (tertiary/aromatic N) is 3. The van der Waals surface area contributed by atoms with Crippen LogP contribution >= 0.6 is 15.9 Å². The second kappa shape index (κ2) is 8.37. The zero-order valence-corrected chi connectivity index (χ0v) is 17.7.